The van der Waals surface area contributed by atoms with Gasteiger partial charge in [0.1, 0.15) is 5.75 Å². The van der Waals surface area contributed by atoms with E-state index in [1.54, 1.807) is 24.3 Å². The molecule has 206 valence electrons. The average Bonchev–Trinajstić information content (AvgIpc) is 2.85. The molecule has 0 bridgehead atoms. The average molecular weight is 552 g/mol. The van der Waals surface area contributed by atoms with E-state index in [-0.39, 0.29) is 24.5 Å². The van der Waals surface area contributed by atoms with Crippen LogP contribution in [0.3, 0.4) is 0 Å². The van der Waals surface area contributed by atoms with Crippen molar-refractivity contribution in [3.05, 3.63) is 70.5 Å². The lowest BCUT2D eigenvalue weighted by molar-refractivity contribution is -0.138. The standard InChI is InChI=1S/C26H32F3N5O3S/c1-6-30-15-18-8-11-22(24(14-18)37-4)33-25-31-16-20(26(27,28)29)21(32-25)12-10-19-9-7-17(2)13-23(19)34(3)38(5,35)36/h7-9,11,13-14,16,30H,6,10,12,15H2,1-5H3,(H,31,32,33). The van der Waals surface area contributed by atoms with Gasteiger partial charge in [-0.2, -0.15) is 13.2 Å². The highest BCUT2D eigenvalue weighted by atomic mass is 32.2. The zero-order valence-corrected chi connectivity index (χ0v) is 22.8. The van der Waals surface area contributed by atoms with Crippen molar-refractivity contribution in [1.82, 2.24) is 15.3 Å². The van der Waals surface area contributed by atoms with Crippen molar-refractivity contribution in [3.8, 4) is 5.75 Å². The first-order chi connectivity index (χ1) is 17.8. The number of anilines is 3. The van der Waals surface area contributed by atoms with Gasteiger partial charge in [-0.15, -0.1) is 0 Å². The van der Waals surface area contributed by atoms with Crippen LogP contribution in [-0.2, 0) is 35.6 Å². The number of methoxy groups -OCH3 is 1. The van der Waals surface area contributed by atoms with Crippen LogP contribution >= 0.6 is 0 Å². The molecule has 1 heterocycles. The lowest BCUT2D eigenvalue weighted by Crippen LogP contribution is -2.26. The summed E-state index contributed by atoms with van der Waals surface area (Å²) >= 11 is 0. The molecule has 2 aromatic carbocycles. The fourth-order valence-corrected chi connectivity index (χ4v) is 4.38. The molecule has 0 fully saturated rings. The predicted molar refractivity (Wildman–Crippen MR) is 143 cm³/mol. The molecular weight excluding hydrogens is 519 g/mol. The Morgan fingerprint density at radius 3 is 2.47 bits per heavy atom. The number of nitrogens with one attached hydrogen (secondary N) is 2. The third-order valence-electron chi connectivity index (χ3n) is 5.97. The summed E-state index contributed by atoms with van der Waals surface area (Å²) in [6.07, 6.45) is -2.77. The normalized spacial score (nSPS) is 11.9. The van der Waals surface area contributed by atoms with Crippen molar-refractivity contribution in [2.24, 2.45) is 0 Å². The molecule has 0 aliphatic heterocycles. The summed E-state index contributed by atoms with van der Waals surface area (Å²) in [6, 6.07) is 10.7. The summed E-state index contributed by atoms with van der Waals surface area (Å²) in [5.41, 5.74) is 2.17. The van der Waals surface area contributed by atoms with E-state index in [4.69, 9.17) is 4.74 Å². The van der Waals surface area contributed by atoms with Crippen molar-refractivity contribution in [1.29, 1.82) is 0 Å². The van der Waals surface area contributed by atoms with Crippen molar-refractivity contribution in [2.75, 3.05) is 36.6 Å². The molecule has 0 saturated heterocycles. The molecule has 0 saturated carbocycles. The molecule has 0 atom stereocenters. The molecule has 8 nitrogen and oxygen atoms in total. The first-order valence-corrected chi connectivity index (χ1v) is 13.8. The lowest BCUT2D eigenvalue weighted by atomic mass is 10.0. The molecule has 0 unspecified atom stereocenters. The Morgan fingerprint density at radius 1 is 1.11 bits per heavy atom. The molecule has 2 N–H and O–H groups in total. The van der Waals surface area contributed by atoms with Gasteiger partial charge < -0.3 is 15.4 Å². The van der Waals surface area contributed by atoms with Gasteiger partial charge >= 0.3 is 6.18 Å². The maximum Gasteiger partial charge on any atom is 0.419 e. The van der Waals surface area contributed by atoms with E-state index in [0.717, 1.165) is 34.4 Å². The highest BCUT2D eigenvalue weighted by Gasteiger charge is 2.35. The minimum Gasteiger partial charge on any atom is -0.495 e. The van der Waals surface area contributed by atoms with Crippen LogP contribution in [0.25, 0.3) is 0 Å². The minimum absolute atomic E-state index is 0.0110. The number of ether oxygens (including phenoxy) is 1. The van der Waals surface area contributed by atoms with Crippen LogP contribution < -0.4 is 19.7 Å². The van der Waals surface area contributed by atoms with E-state index in [1.807, 2.05) is 26.0 Å². The third-order valence-corrected chi connectivity index (χ3v) is 7.16. The number of aromatic nitrogens is 2. The van der Waals surface area contributed by atoms with E-state index < -0.39 is 21.8 Å². The summed E-state index contributed by atoms with van der Waals surface area (Å²) in [5.74, 6) is 0.488. The number of halogens is 3. The van der Waals surface area contributed by atoms with Crippen molar-refractivity contribution in [3.63, 3.8) is 0 Å². The summed E-state index contributed by atoms with van der Waals surface area (Å²) < 4.78 is 72.2. The predicted octanol–water partition coefficient (Wildman–Crippen LogP) is 4.85. The van der Waals surface area contributed by atoms with Gasteiger partial charge in [0.25, 0.3) is 0 Å². The zero-order valence-electron chi connectivity index (χ0n) is 22.0. The Morgan fingerprint density at radius 2 is 1.84 bits per heavy atom. The van der Waals surface area contributed by atoms with E-state index in [1.165, 1.54) is 14.2 Å². The van der Waals surface area contributed by atoms with Crippen LogP contribution in [0.2, 0.25) is 0 Å². The van der Waals surface area contributed by atoms with Crippen LogP contribution in [0.15, 0.2) is 42.6 Å². The Hall–Kier alpha value is -3.38. The molecule has 3 aromatic rings. The molecule has 0 amide bonds. The fourth-order valence-electron chi connectivity index (χ4n) is 3.85. The smallest absolute Gasteiger partial charge is 0.419 e. The molecule has 0 radical (unpaired) electrons. The minimum atomic E-state index is -4.65. The van der Waals surface area contributed by atoms with Crippen molar-refractivity contribution in [2.45, 2.75) is 39.4 Å². The van der Waals surface area contributed by atoms with Gasteiger partial charge in [-0.05, 0) is 61.2 Å². The summed E-state index contributed by atoms with van der Waals surface area (Å²) in [5, 5.41) is 6.18. The second-order valence-corrected chi connectivity index (χ2v) is 10.9. The number of alkyl halides is 3. The number of sulfonamides is 1. The molecule has 0 spiro atoms. The fraction of sp³-hybridized carbons (Fsp3) is 0.385. The van der Waals surface area contributed by atoms with Crippen molar-refractivity contribution < 1.29 is 26.3 Å². The van der Waals surface area contributed by atoms with Crippen LogP contribution in [0.1, 0.15) is 34.9 Å². The van der Waals surface area contributed by atoms with Crippen LogP contribution in [0, 0.1) is 6.92 Å². The van der Waals surface area contributed by atoms with E-state index in [9.17, 15) is 21.6 Å². The highest BCUT2D eigenvalue weighted by molar-refractivity contribution is 7.92. The lowest BCUT2D eigenvalue weighted by Gasteiger charge is -2.21. The number of aryl methyl sites for hydroxylation is 3. The van der Waals surface area contributed by atoms with Gasteiger partial charge in [-0.25, -0.2) is 18.4 Å². The zero-order chi connectivity index (χ0) is 28.1. The Kier molecular flexibility index (Phi) is 9.21. The van der Waals surface area contributed by atoms with Gasteiger partial charge in [0.2, 0.25) is 16.0 Å². The maximum atomic E-state index is 13.8. The van der Waals surface area contributed by atoms with Crippen molar-refractivity contribution >= 4 is 27.3 Å². The first kappa shape index (κ1) is 29.2. The molecule has 0 aliphatic rings. The number of nitrogens with zero attached hydrogens (tertiary/aromatic N) is 3. The van der Waals surface area contributed by atoms with E-state index in [2.05, 4.69) is 20.6 Å². The van der Waals surface area contributed by atoms with Crippen LogP contribution in [-0.4, -0.2) is 45.3 Å². The number of hydrogen-bond donors (Lipinski definition) is 2. The van der Waals surface area contributed by atoms with E-state index >= 15 is 0 Å². The Labute approximate surface area is 221 Å². The molecule has 38 heavy (non-hydrogen) atoms. The number of hydrogen-bond acceptors (Lipinski definition) is 7. The summed E-state index contributed by atoms with van der Waals surface area (Å²) in [4.78, 5) is 8.09. The summed E-state index contributed by atoms with van der Waals surface area (Å²) in [7, 11) is -0.646. The Bertz CT molecular complexity index is 1380. The Balaban J connectivity index is 1.93. The van der Waals surface area contributed by atoms with Crippen LogP contribution in [0.5, 0.6) is 5.75 Å². The first-order valence-electron chi connectivity index (χ1n) is 11.9. The summed E-state index contributed by atoms with van der Waals surface area (Å²) in [6.45, 7) is 5.26. The monoisotopic (exact) mass is 551 g/mol. The second kappa shape index (κ2) is 12.0. The molecule has 12 heteroatoms. The van der Waals surface area contributed by atoms with Gasteiger partial charge in [0, 0.05) is 19.8 Å². The quantitative estimate of drug-likeness (QED) is 0.352. The van der Waals surface area contributed by atoms with E-state index in [0.29, 0.717) is 29.2 Å². The van der Waals surface area contributed by atoms with Gasteiger partial charge in [0.15, 0.2) is 0 Å². The molecule has 3 rings (SSSR count). The van der Waals surface area contributed by atoms with Gasteiger partial charge in [-0.3, -0.25) is 4.31 Å². The largest absolute Gasteiger partial charge is 0.495 e. The topological polar surface area (TPSA) is 96.5 Å². The molecule has 1 aromatic heterocycles. The van der Waals surface area contributed by atoms with Gasteiger partial charge in [0.05, 0.1) is 36.0 Å². The van der Waals surface area contributed by atoms with Crippen LogP contribution in [0.4, 0.5) is 30.5 Å². The molecule has 0 aliphatic carbocycles. The van der Waals surface area contributed by atoms with Gasteiger partial charge in [-0.1, -0.05) is 25.1 Å². The number of rotatable bonds is 11. The third kappa shape index (κ3) is 7.35. The maximum absolute atomic E-state index is 13.8. The second-order valence-electron chi connectivity index (χ2n) is 8.85. The molecular formula is C26H32F3N5O3S. The SMILES string of the molecule is CCNCc1ccc(Nc2ncc(C(F)(F)F)c(CCc3ccc(C)cc3N(C)S(C)(=O)=O)n2)c(OC)c1. The number of benzene rings is 2. The highest BCUT2D eigenvalue weighted by Crippen LogP contribution is 2.34.